The quantitative estimate of drug-likeness (QED) is 0.282. The van der Waals surface area contributed by atoms with Crippen LogP contribution in [0.25, 0.3) is 11.4 Å². The van der Waals surface area contributed by atoms with E-state index in [4.69, 9.17) is 0 Å². The Bertz CT molecular complexity index is 1190. The highest BCUT2D eigenvalue weighted by molar-refractivity contribution is 8.00. The molecule has 0 spiro atoms. The molecule has 0 aliphatic rings. The Morgan fingerprint density at radius 2 is 1.67 bits per heavy atom. The Balaban J connectivity index is 1.56. The molecule has 0 aliphatic heterocycles. The molecule has 0 fully saturated rings. The number of carbonyl (C=O) groups excluding carboxylic acids is 1. The molecule has 7 heteroatoms. The van der Waals surface area contributed by atoms with Crippen molar-refractivity contribution in [3.05, 3.63) is 82.6 Å². The average Bonchev–Trinajstić information content (AvgIpc) is 3.49. The molecule has 5 nitrogen and oxygen atoms in total. The predicted octanol–water partition coefficient (Wildman–Crippen LogP) is 6.86. The fraction of sp³-hybridized carbons (Fsp3) is 0.269. The first kappa shape index (κ1) is 23.3. The molecule has 2 unspecified atom stereocenters. The van der Waals surface area contributed by atoms with Crippen LogP contribution in [0.2, 0.25) is 0 Å². The molecule has 33 heavy (non-hydrogen) atoms. The third-order valence-electron chi connectivity index (χ3n) is 5.61. The number of thiophene rings is 1. The summed E-state index contributed by atoms with van der Waals surface area (Å²) in [6, 6.07) is 20.4. The van der Waals surface area contributed by atoms with Gasteiger partial charge in [0.1, 0.15) is 0 Å². The molecule has 0 radical (unpaired) electrons. The molecule has 2 heterocycles. The number of hydrogen-bond acceptors (Lipinski definition) is 5. The number of aromatic nitrogens is 3. The van der Waals surface area contributed by atoms with Gasteiger partial charge in [0.15, 0.2) is 11.0 Å². The third kappa shape index (κ3) is 5.37. The molecule has 0 saturated carbocycles. The summed E-state index contributed by atoms with van der Waals surface area (Å²) in [4.78, 5) is 12.9. The van der Waals surface area contributed by atoms with Gasteiger partial charge in [-0.2, -0.15) is 11.3 Å². The van der Waals surface area contributed by atoms with Crippen molar-refractivity contribution < 1.29 is 4.79 Å². The van der Waals surface area contributed by atoms with Gasteiger partial charge in [0.25, 0.3) is 0 Å². The number of thioether (sulfide) groups is 1. The van der Waals surface area contributed by atoms with Crippen LogP contribution >= 0.6 is 23.1 Å². The fourth-order valence-electron chi connectivity index (χ4n) is 3.58. The van der Waals surface area contributed by atoms with Gasteiger partial charge in [-0.3, -0.25) is 9.36 Å². The smallest absolute Gasteiger partial charge is 0.237 e. The van der Waals surface area contributed by atoms with Crippen LogP contribution in [0.4, 0.5) is 5.69 Å². The number of benzene rings is 2. The van der Waals surface area contributed by atoms with Gasteiger partial charge in [-0.25, -0.2) is 0 Å². The molecule has 170 valence electrons. The van der Waals surface area contributed by atoms with Gasteiger partial charge in [-0.05, 0) is 54.5 Å². The molecule has 1 amide bonds. The van der Waals surface area contributed by atoms with E-state index in [2.05, 4.69) is 70.5 Å². The Morgan fingerprint density at radius 1 is 0.939 bits per heavy atom. The molecule has 2 atom stereocenters. The van der Waals surface area contributed by atoms with Gasteiger partial charge in [-0.15, -0.1) is 10.2 Å². The monoisotopic (exact) mass is 476 g/mol. The second kappa shape index (κ2) is 10.4. The highest BCUT2D eigenvalue weighted by atomic mass is 32.2. The molecule has 4 aromatic rings. The van der Waals surface area contributed by atoms with Gasteiger partial charge < -0.3 is 5.32 Å². The normalized spacial score (nSPS) is 13.1. The summed E-state index contributed by atoms with van der Waals surface area (Å²) in [5.74, 6) is 1.21. The van der Waals surface area contributed by atoms with Crippen molar-refractivity contribution in [2.75, 3.05) is 5.32 Å². The predicted molar refractivity (Wildman–Crippen MR) is 138 cm³/mol. The van der Waals surface area contributed by atoms with Crippen molar-refractivity contribution in [2.24, 2.45) is 0 Å². The number of anilines is 1. The maximum atomic E-state index is 12.9. The van der Waals surface area contributed by atoms with Crippen LogP contribution in [0.1, 0.15) is 50.8 Å². The van der Waals surface area contributed by atoms with Crippen LogP contribution in [-0.2, 0) is 4.79 Å². The molecule has 0 bridgehead atoms. The van der Waals surface area contributed by atoms with E-state index in [0.29, 0.717) is 5.92 Å². The largest absolute Gasteiger partial charge is 0.325 e. The zero-order valence-corrected chi connectivity index (χ0v) is 20.9. The molecule has 0 aliphatic carbocycles. The van der Waals surface area contributed by atoms with Gasteiger partial charge in [0.05, 0.1) is 11.3 Å². The van der Waals surface area contributed by atoms with E-state index in [0.717, 1.165) is 27.8 Å². The molecule has 0 saturated heterocycles. The standard InChI is InChI=1S/C26H28N4OS2/c1-17(2)20-10-12-23(13-11-20)27-25(31)19(4)33-26-29-28-24(22-14-15-32-16-22)30(26)18(3)21-8-6-5-7-9-21/h5-19H,1-4H3,(H,27,31). The van der Waals surface area contributed by atoms with E-state index >= 15 is 0 Å². The summed E-state index contributed by atoms with van der Waals surface area (Å²) in [5, 5.41) is 16.5. The minimum Gasteiger partial charge on any atom is -0.325 e. The maximum absolute atomic E-state index is 12.9. The van der Waals surface area contributed by atoms with Crippen molar-refractivity contribution >= 4 is 34.7 Å². The minimum atomic E-state index is -0.337. The second-order valence-electron chi connectivity index (χ2n) is 8.30. The lowest BCUT2D eigenvalue weighted by atomic mass is 10.0. The van der Waals surface area contributed by atoms with Crippen LogP contribution in [0.15, 0.2) is 76.6 Å². The topological polar surface area (TPSA) is 59.8 Å². The maximum Gasteiger partial charge on any atom is 0.237 e. The van der Waals surface area contributed by atoms with E-state index < -0.39 is 0 Å². The minimum absolute atomic E-state index is 0.0254. The second-order valence-corrected chi connectivity index (χ2v) is 10.4. The van der Waals surface area contributed by atoms with Crippen LogP contribution in [0.5, 0.6) is 0 Å². The van der Waals surface area contributed by atoms with Gasteiger partial charge in [0.2, 0.25) is 5.91 Å². The average molecular weight is 477 g/mol. The summed E-state index contributed by atoms with van der Waals surface area (Å²) in [7, 11) is 0. The van der Waals surface area contributed by atoms with Crippen LogP contribution in [-0.4, -0.2) is 25.9 Å². The first-order valence-electron chi connectivity index (χ1n) is 11.0. The highest BCUT2D eigenvalue weighted by Crippen LogP contribution is 2.33. The molecule has 4 rings (SSSR count). The fourth-order valence-corrected chi connectivity index (χ4v) is 5.15. The van der Waals surface area contributed by atoms with Crippen LogP contribution in [0.3, 0.4) is 0 Å². The van der Waals surface area contributed by atoms with Crippen molar-refractivity contribution in [1.29, 1.82) is 0 Å². The first-order valence-corrected chi connectivity index (χ1v) is 12.9. The number of carbonyl (C=O) groups is 1. The lowest BCUT2D eigenvalue weighted by molar-refractivity contribution is -0.115. The summed E-state index contributed by atoms with van der Waals surface area (Å²) in [6.45, 7) is 8.35. The van der Waals surface area contributed by atoms with E-state index in [1.54, 1.807) is 11.3 Å². The zero-order chi connectivity index (χ0) is 23.4. The SMILES string of the molecule is CC(Sc1nnc(-c2ccsc2)n1C(C)c1ccccc1)C(=O)Nc1ccc(C(C)C)cc1. The van der Waals surface area contributed by atoms with Crippen LogP contribution in [0, 0.1) is 0 Å². The summed E-state index contributed by atoms with van der Waals surface area (Å²) in [6.07, 6.45) is 0. The lowest BCUT2D eigenvalue weighted by Gasteiger charge is -2.19. The molecule has 1 N–H and O–H groups in total. The number of nitrogens with one attached hydrogen (secondary N) is 1. The van der Waals surface area contributed by atoms with Crippen molar-refractivity contribution in [2.45, 2.75) is 50.1 Å². The molecular weight excluding hydrogens is 448 g/mol. The lowest BCUT2D eigenvalue weighted by Crippen LogP contribution is -2.23. The molecule has 2 aromatic carbocycles. The third-order valence-corrected chi connectivity index (χ3v) is 7.35. The number of rotatable bonds is 8. The zero-order valence-electron chi connectivity index (χ0n) is 19.2. The summed E-state index contributed by atoms with van der Waals surface area (Å²) >= 11 is 3.06. The Labute approximate surface area is 203 Å². The number of amides is 1. The van der Waals surface area contributed by atoms with Crippen molar-refractivity contribution in [1.82, 2.24) is 14.8 Å². The molecular formula is C26H28N4OS2. The van der Waals surface area contributed by atoms with E-state index in [9.17, 15) is 4.79 Å². The summed E-state index contributed by atoms with van der Waals surface area (Å²) < 4.78 is 2.13. The Hall–Kier alpha value is -2.90. The number of hydrogen-bond donors (Lipinski definition) is 1. The van der Waals surface area contributed by atoms with Crippen molar-refractivity contribution in [3.8, 4) is 11.4 Å². The Kier molecular flexibility index (Phi) is 7.30. The Morgan fingerprint density at radius 3 is 2.30 bits per heavy atom. The first-order chi connectivity index (χ1) is 15.9. The van der Waals surface area contributed by atoms with Crippen molar-refractivity contribution in [3.63, 3.8) is 0 Å². The van der Waals surface area contributed by atoms with Gasteiger partial charge >= 0.3 is 0 Å². The van der Waals surface area contributed by atoms with E-state index in [1.165, 1.54) is 17.3 Å². The molecule has 2 aromatic heterocycles. The highest BCUT2D eigenvalue weighted by Gasteiger charge is 2.24. The van der Waals surface area contributed by atoms with Gasteiger partial charge in [-0.1, -0.05) is 68.1 Å². The number of nitrogens with zero attached hydrogens (tertiary/aromatic N) is 3. The summed E-state index contributed by atoms with van der Waals surface area (Å²) in [5.41, 5.74) is 4.25. The van der Waals surface area contributed by atoms with E-state index in [1.807, 2.05) is 48.7 Å². The van der Waals surface area contributed by atoms with Gasteiger partial charge in [0, 0.05) is 16.6 Å². The van der Waals surface area contributed by atoms with Crippen LogP contribution < -0.4 is 5.32 Å². The van der Waals surface area contributed by atoms with E-state index in [-0.39, 0.29) is 17.2 Å².